The molecule has 212 valence electrons. The van der Waals surface area contributed by atoms with Crippen LogP contribution in [0.5, 0.6) is 0 Å². The molecule has 0 aromatic heterocycles. The van der Waals surface area contributed by atoms with Crippen molar-refractivity contribution < 1.29 is 0 Å². The van der Waals surface area contributed by atoms with Crippen molar-refractivity contribution in [3.05, 3.63) is 175 Å². The third-order valence-electron chi connectivity index (χ3n) is 7.18. The summed E-state index contributed by atoms with van der Waals surface area (Å²) >= 11 is 0. The molecule has 0 spiro atoms. The van der Waals surface area contributed by atoms with Crippen LogP contribution in [0.15, 0.2) is 175 Å². The predicted molar refractivity (Wildman–Crippen MR) is 191 cm³/mol. The molecule has 1 unspecified atom stereocenters. The molecule has 0 bridgehead atoms. The molecule has 0 aliphatic carbocycles. The second kappa shape index (κ2) is 14.8. The lowest BCUT2D eigenvalue weighted by atomic mass is 10.1. The van der Waals surface area contributed by atoms with E-state index in [4.69, 9.17) is 0 Å². The van der Waals surface area contributed by atoms with Crippen molar-refractivity contribution in [3.8, 4) is 33.4 Å². The first kappa shape index (κ1) is 29.6. The van der Waals surface area contributed by atoms with Gasteiger partial charge >= 0.3 is 0 Å². The lowest BCUT2D eigenvalue weighted by molar-refractivity contribution is 1.23. The first-order valence-corrected chi connectivity index (χ1v) is 15.1. The average Bonchev–Trinajstić information content (AvgIpc) is 3.07. The van der Waals surface area contributed by atoms with Crippen LogP contribution in [0.2, 0.25) is 0 Å². The summed E-state index contributed by atoms with van der Waals surface area (Å²) in [4.78, 5) is 0. The van der Waals surface area contributed by atoms with E-state index < -0.39 is 0 Å². The predicted octanol–water partition coefficient (Wildman–Crippen LogP) is 10.6. The Kier molecular flexibility index (Phi) is 10.2. The Hall–Kier alpha value is -4.91. The fourth-order valence-corrected chi connectivity index (χ4v) is 4.93. The second-order valence-corrected chi connectivity index (χ2v) is 11.0. The molecule has 2 nitrogen and oxygen atoms in total. The Balaban J connectivity index is 0.000000235. The fraction of sp³-hybridized carbons (Fsp3) is 0.0500. The van der Waals surface area contributed by atoms with Crippen LogP contribution >= 0.6 is 9.24 Å². The molecule has 0 saturated carbocycles. The number of anilines is 2. The molecule has 0 heterocycles. The van der Waals surface area contributed by atoms with Gasteiger partial charge in [0.2, 0.25) is 0 Å². The van der Waals surface area contributed by atoms with E-state index in [1.54, 1.807) is 0 Å². The Bertz CT molecular complexity index is 1670. The van der Waals surface area contributed by atoms with Gasteiger partial charge in [-0.2, -0.15) is 0 Å². The van der Waals surface area contributed by atoms with Gasteiger partial charge in [0.15, 0.2) is 0 Å². The van der Waals surface area contributed by atoms with Crippen molar-refractivity contribution in [2.45, 2.75) is 13.8 Å². The summed E-state index contributed by atoms with van der Waals surface area (Å²) in [5, 5.41) is 8.29. The Morgan fingerprint density at radius 1 is 0.372 bits per heavy atom. The topological polar surface area (TPSA) is 24.1 Å². The van der Waals surface area contributed by atoms with Gasteiger partial charge in [-0.1, -0.05) is 140 Å². The standard InChI is InChI=1S/C28H26N2.C12H11P/c1-21(29-27-17-9-15-25(19-27)23-11-5-3-6-12-23)22(2)30-28-18-10-16-26(20-28)24-13-7-4-8-14-24;13-12-8-6-11(7-9-12)10-4-2-1-3-5-10/h3-20,29-30H,1-2H3;1-9H,13H2/b22-21-;. The van der Waals surface area contributed by atoms with E-state index in [2.05, 4.69) is 179 Å². The SMILES string of the molecule is C/C(Nc1cccc(-c2ccccc2)c1)=C(\C)Nc1cccc(-c2ccccc2)c1.Pc1ccc(-c2ccccc2)cc1. The number of hydrogen-bond donors (Lipinski definition) is 2. The van der Waals surface area contributed by atoms with Gasteiger partial charge in [-0.3, -0.25) is 0 Å². The number of hydrogen-bond acceptors (Lipinski definition) is 2. The molecular weight excluding hydrogens is 539 g/mol. The van der Waals surface area contributed by atoms with Crippen molar-refractivity contribution in [2.75, 3.05) is 10.6 Å². The van der Waals surface area contributed by atoms with Crippen LogP contribution in [-0.2, 0) is 0 Å². The lowest BCUT2D eigenvalue weighted by Crippen LogP contribution is -2.05. The van der Waals surface area contributed by atoms with Gasteiger partial charge in [-0.15, -0.1) is 9.24 Å². The number of rotatable bonds is 7. The summed E-state index contributed by atoms with van der Waals surface area (Å²) < 4.78 is 0. The Morgan fingerprint density at radius 2 is 0.698 bits per heavy atom. The normalized spacial score (nSPS) is 11.0. The van der Waals surface area contributed by atoms with Crippen molar-refractivity contribution >= 4 is 25.9 Å². The molecule has 6 aromatic carbocycles. The summed E-state index contributed by atoms with van der Waals surface area (Å²) in [6, 6.07) is 56.8. The van der Waals surface area contributed by atoms with Crippen LogP contribution in [0.3, 0.4) is 0 Å². The zero-order valence-electron chi connectivity index (χ0n) is 24.7. The van der Waals surface area contributed by atoms with E-state index in [1.165, 1.54) is 38.7 Å². The average molecular weight is 577 g/mol. The minimum atomic E-state index is 1.08. The van der Waals surface area contributed by atoms with Crippen molar-refractivity contribution in [1.29, 1.82) is 0 Å². The minimum absolute atomic E-state index is 1.08. The third kappa shape index (κ3) is 8.55. The smallest absolute Gasteiger partial charge is 0.0388 e. The lowest BCUT2D eigenvalue weighted by Gasteiger charge is -2.15. The van der Waals surface area contributed by atoms with Gasteiger partial charge in [0, 0.05) is 22.8 Å². The van der Waals surface area contributed by atoms with Gasteiger partial charge in [0.1, 0.15) is 0 Å². The number of benzene rings is 6. The quantitative estimate of drug-likeness (QED) is 0.185. The number of allylic oxidation sites excluding steroid dienone is 2. The molecule has 6 rings (SSSR count). The minimum Gasteiger partial charge on any atom is -0.358 e. The second-order valence-electron chi connectivity index (χ2n) is 10.4. The monoisotopic (exact) mass is 576 g/mol. The van der Waals surface area contributed by atoms with Crippen LogP contribution in [0.1, 0.15) is 13.8 Å². The van der Waals surface area contributed by atoms with E-state index in [0.29, 0.717) is 0 Å². The number of nitrogens with one attached hydrogen (secondary N) is 2. The van der Waals surface area contributed by atoms with E-state index in [1.807, 2.05) is 18.2 Å². The van der Waals surface area contributed by atoms with Crippen molar-refractivity contribution in [3.63, 3.8) is 0 Å². The van der Waals surface area contributed by atoms with Gasteiger partial charge in [0.25, 0.3) is 0 Å². The molecule has 43 heavy (non-hydrogen) atoms. The Morgan fingerprint density at radius 3 is 1.09 bits per heavy atom. The van der Waals surface area contributed by atoms with Gasteiger partial charge < -0.3 is 10.6 Å². The summed E-state index contributed by atoms with van der Waals surface area (Å²) in [5.41, 5.74) is 11.7. The zero-order chi connectivity index (χ0) is 29.9. The van der Waals surface area contributed by atoms with Crippen LogP contribution in [0, 0.1) is 0 Å². The van der Waals surface area contributed by atoms with E-state index in [-0.39, 0.29) is 0 Å². The highest BCUT2D eigenvalue weighted by Crippen LogP contribution is 2.26. The maximum absolute atomic E-state index is 3.54. The molecule has 3 heteroatoms. The Labute approximate surface area is 258 Å². The summed E-state index contributed by atoms with van der Waals surface area (Å²) in [7, 11) is 2.69. The van der Waals surface area contributed by atoms with Crippen LogP contribution in [-0.4, -0.2) is 0 Å². The maximum atomic E-state index is 3.54. The van der Waals surface area contributed by atoms with E-state index >= 15 is 0 Å². The summed E-state index contributed by atoms with van der Waals surface area (Å²) in [6.45, 7) is 4.19. The molecule has 0 amide bonds. The molecule has 1 atom stereocenters. The molecule has 0 aliphatic heterocycles. The van der Waals surface area contributed by atoms with Gasteiger partial charge in [-0.05, 0) is 76.8 Å². The largest absolute Gasteiger partial charge is 0.358 e. The zero-order valence-corrected chi connectivity index (χ0v) is 25.8. The first-order valence-electron chi connectivity index (χ1n) is 14.5. The van der Waals surface area contributed by atoms with E-state index in [9.17, 15) is 0 Å². The van der Waals surface area contributed by atoms with Crippen molar-refractivity contribution in [2.24, 2.45) is 0 Å². The third-order valence-corrected chi connectivity index (χ3v) is 7.57. The highest BCUT2D eigenvalue weighted by Gasteiger charge is 2.04. The van der Waals surface area contributed by atoms with Crippen LogP contribution < -0.4 is 15.9 Å². The van der Waals surface area contributed by atoms with Gasteiger partial charge in [-0.25, -0.2) is 0 Å². The van der Waals surface area contributed by atoms with E-state index in [0.717, 1.165) is 22.8 Å². The van der Waals surface area contributed by atoms with Gasteiger partial charge in [0.05, 0.1) is 0 Å². The van der Waals surface area contributed by atoms with Crippen LogP contribution in [0.4, 0.5) is 11.4 Å². The highest BCUT2D eigenvalue weighted by molar-refractivity contribution is 7.27. The highest BCUT2D eigenvalue weighted by atomic mass is 31.0. The molecule has 0 saturated heterocycles. The summed E-state index contributed by atoms with van der Waals surface area (Å²) in [6.07, 6.45) is 0. The maximum Gasteiger partial charge on any atom is 0.0388 e. The fourth-order valence-electron chi connectivity index (χ4n) is 4.74. The molecule has 0 radical (unpaired) electrons. The molecule has 0 aliphatic rings. The van der Waals surface area contributed by atoms with Crippen molar-refractivity contribution in [1.82, 2.24) is 0 Å². The molecular formula is C40H37N2P. The van der Waals surface area contributed by atoms with Crippen LogP contribution in [0.25, 0.3) is 33.4 Å². The first-order chi connectivity index (χ1) is 21.0. The molecule has 2 N–H and O–H groups in total. The molecule has 0 fully saturated rings. The summed E-state index contributed by atoms with van der Waals surface area (Å²) in [5.74, 6) is 0. The molecule has 6 aromatic rings.